The third-order valence-corrected chi connectivity index (χ3v) is 5.74. The van der Waals surface area contributed by atoms with Crippen molar-refractivity contribution < 1.29 is 0 Å². The van der Waals surface area contributed by atoms with Crippen LogP contribution in [0.3, 0.4) is 0 Å². The van der Waals surface area contributed by atoms with E-state index in [1.807, 2.05) is 0 Å². The summed E-state index contributed by atoms with van der Waals surface area (Å²) >= 11 is 0. The van der Waals surface area contributed by atoms with Crippen molar-refractivity contribution in [3.63, 3.8) is 0 Å². The number of nitrogens with one attached hydrogen (secondary N) is 1. The largest absolute Gasteiger partial charge is 0.308 e. The summed E-state index contributed by atoms with van der Waals surface area (Å²) < 4.78 is 0. The van der Waals surface area contributed by atoms with Crippen molar-refractivity contribution in [1.82, 2.24) is 10.2 Å². The normalized spacial score (nSPS) is 36.0. The molecular weight excluding hydrogens is 208 g/mol. The molecule has 0 amide bonds. The molecule has 0 bridgehead atoms. The lowest BCUT2D eigenvalue weighted by Crippen LogP contribution is -2.65. The summed E-state index contributed by atoms with van der Waals surface area (Å²) in [6, 6.07) is 1.55. The van der Waals surface area contributed by atoms with Gasteiger partial charge in [0.25, 0.3) is 0 Å². The summed E-state index contributed by atoms with van der Waals surface area (Å²) in [5.41, 5.74) is 0.491. The minimum Gasteiger partial charge on any atom is -0.308 e. The number of nitrogens with zero attached hydrogens (tertiary/aromatic N) is 1. The average molecular weight is 236 g/mol. The molecule has 1 heterocycles. The Morgan fingerprint density at radius 3 is 2.47 bits per heavy atom. The van der Waals surface area contributed by atoms with Gasteiger partial charge in [-0.25, -0.2) is 0 Å². The molecule has 0 aromatic rings. The van der Waals surface area contributed by atoms with E-state index in [2.05, 4.69) is 24.1 Å². The van der Waals surface area contributed by atoms with Crippen LogP contribution < -0.4 is 5.32 Å². The zero-order valence-corrected chi connectivity index (χ0v) is 11.5. The predicted molar refractivity (Wildman–Crippen MR) is 72.2 cm³/mol. The van der Waals surface area contributed by atoms with Crippen molar-refractivity contribution in [3.8, 4) is 0 Å². The number of rotatable bonds is 2. The standard InChI is InChI=1S/C15H28N2/c1-12-10-16-15(8-3-4-9-15)11-17(12)13(2)14-6-5-7-14/h12-14,16H,3-11H2,1-2H3. The van der Waals surface area contributed by atoms with Crippen LogP contribution in [0.5, 0.6) is 0 Å². The predicted octanol–water partition coefficient (Wildman–Crippen LogP) is 2.78. The molecule has 0 radical (unpaired) electrons. The number of hydrogen-bond donors (Lipinski definition) is 1. The van der Waals surface area contributed by atoms with Crippen LogP contribution in [0.1, 0.15) is 58.8 Å². The first-order chi connectivity index (χ1) is 8.20. The van der Waals surface area contributed by atoms with Crippen molar-refractivity contribution >= 4 is 0 Å². The Hall–Kier alpha value is -0.0800. The smallest absolute Gasteiger partial charge is 0.0309 e. The van der Waals surface area contributed by atoms with E-state index in [0.29, 0.717) is 5.54 Å². The van der Waals surface area contributed by atoms with Crippen LogP contribution in [0.2, 0.25) is 0 Å². The second-order valence-electron chi connectivity index (χ2n) is 6.82. The van der Waals surface area contributed by atoms with E-state index in [1.165, 1.54) is 58.0 Å². The van der Waals surface area contributed by atoms with E-state index in [4.69, 9.17) is 0 Å². The summed E-state index contributed by atoms with van der Waals surface area (Å²) in [6.07, 6.45) is 10.1. The summed E-state index contributed by atoms with van der Waals surface area (Å²) in [5.74, 6) is 0.994. The van der Waals surface area contributed by atoms with Crippen molar-refractivity contribution in [2.75, 3.05) is 13.1 Å². The van der Waals surface area contributed by atoms with Gasteiger partial charge in [-0.1, -0.05) is 19.3 Å². The Kier molecular flexibility index (Phi) is 3.20. The fraction of sp³-hybridized carbons (Fsp3) is 1.00. The Balaban J connectivity index is 1.68. The molecule has 1 saturated heterocycles. The lowest BCUT2D eigenvalue weighted by Gasteiger charge is -2.50. The third-order valence-electron chi connectivity index (χ3n) is 5.74. The molecule has 2 atom stereocenters. The van der Waals surface area contributed by atoms with Crippen LogP contribution in [0.25, 0.3) is 0 Å². The first-order valence-electron chi connectivity index (χ1n) is 7.71. The van der Waals surface area contributed by atoms with Gasteiger partial charge in [0.05, 0.1) is 0 Å². The van der Waals surface area contributed by atoms with E-state index in [0.717, 1.165) is 18.0 Å². The molecule has 3 aliphatic rings. The SMILES string of the molecule is CC1CNC2(CCCC2)CN1C(C)C1CCC1. The lowest BCUT2D eigenvalue weighted by molar-refractivity contribution is 0.0160. The maximum absolute atomic E-state index is 3.86. The topological polar surface area (TPSA) is 15.3 Å². The van der Waals surface area contributed by atoms with Crippen molar-refractivity contribution in [2.45, 2.75) is 76.4 Å². The van der Waals surface area contributed by atoms with Crippen molar-refractivity contribution in [1.29, 1.82) is 0 Å². The Morgan fingerprint density at radius 1 is 1.18 bits per heavy atom. The minimum atomic E-state index is 0.491. The second-order valence-corrected chi connectivity index (χ2v) is 6.82. The molecule has 3 fully saturated rings. The Morgan fingerprint density at radius 2 is 1.88 bits per heavy atom. The van der Waals surface area contributed by atoms with Gasteiger partial charge in [-0.15, -0.1) is 0 Å². The van der Waals surface area contributed by atoms with E-state index in [9.17, 15) is 0 Å². The van der Waals surface area contributed by atoms with Gasteiger partial charge >= 0.3 is 0 Å². The maximum Gasteiger partial charge on any atom is 0.0309 e. The highest BCUT2D eigenvalue weighted by atomic mass is 15.3. The molecule has 0 aromatic heterocycles. The summed E-state index contributed by atoms with van der Waals surface area (Å²) in [4.78, 5) is 2.83. The van der Waals surface area contributed by atoms with Crippen LogP contribution in [-0.2, 0) is 0 Å². The fourth-order valence-electron chi connectivity index (χ4n) is 4.17. The molecule has 1 aliphatic heterocycles. The number of hydrogen-bond acceptors (Lipinski definition) is 2. The molecular formula is C15H28N2. The summed E-state index contributed by atoms with van der Waals surface area (Å²) in [7, 11) is 0. The highest BCUT2D eigenvalue weighted by molar-refractivity contribution is 5.02. The molecule has 2 unspecified atom stereocenters. The van der Waals surface area contributed by atoms with Crippen molar-refractivity contribution in [2.24, 2.45) is 5.92 Å². The maximum atomic E-state index is 3.86. The molecule has 3 rings (SSSR count). The zero-order chi connectivity index (χ0) is 11.9. The average Bonchev–Trinajstić information content (AvgIpc) is 2.68. The molecule has 2 saturated carbocycles. The molecule has 98 valence electrons. The van der Waals surface area contributed by atoms with Gasteiger partial charge in [0.1, 0.15) is 0 Å². The molecule has 17 heavy (non-hydrogen) atoms. The molecule has 1 spiro atoms. The quantitative estimate of drug-likeness (QED) is 0.793. The Labute approximate surface area is 106 Å². The highest BCUT2D eigenvalue weighted by Gasteiger charge is 2.42. The van der Waals surface area contributed by atoms with E-state index >= 15 is 0 Å². The van der Waals surface area contributed by atoms with Gasteiger partial charge in [0.2, 0.25) is 0 Å². The van der Waals surface area contributed by atoms with E-state index in [-0.39, 0.29) is 0 Å². The van der Waals surface area contributed by atoms with Gasteiger partial charge in [-0.05, 0) is 45.4 Å². The molecule has 2 heteroatoms. The van der Waals surface area contributed by atoms with Gasteiger partial charge in [-0.2, -0.15) is 0 Å². The van der Waals surface area contributed by atoms with Gasteiger partial charge in [-0.3, -0.25) is 4.90 Å². The van der Waals surface area contributed by atoms with E-state index in [1.54, 1.807) is 0 Å². The lowest BCUT2D eigenvalue weighted by atomic mass is 9.78. The molecule has 2 aliphatic carbocycles. The number of piperazine rings is 1. The fourth-order valence-corrected chi connectivity index (χ4v) is 4.17. The van der Waals surface area contributed by atoms with Crippen LogP contribution in [-0.4, -0.2) is 35.6 Å². The highest BCUT2D eigenvalue weighted by Crippen LogP contribution is 2.38. The van der Waals surface area contributed by atoms with Gasteiger partial charge in [0.15, 0.2) is 0 Å². The summed E-state index contributed by atoms with van der Waals surface area (Å²) in [5, 5.41) is 3.86. The monoisotopic (exact) mass is 236 g/mol. The van der Waals surface area contributed by atoms with E-state index < -0.39 is 0 Å². The van der Waals surface area contributed by atoms with Crippen molar-refractivity contribution in [3.05, 3.63) is 0 Å². The third kappa shape index (κ3) is 2.15. The molecule has 0 aromatic carbocycles. The van der Waals surface area contributed by atoms with Crippen LogP contribution in [0, 0.1) is 5.92 Å². The van der Waals surface area contributed by atoms with Crippen LogP contribution in [0.4, 0.5) is 0 Å². The first-order valence-corrected chi connectivity index (χ1v) is 7.71. The van der Waals surface area contributed by atoms with Crippen LogP contribution >= 0.6 is 0 Å². The van der Waals surface area contributed by atoms with Gasteiger partial charge in [0, 0.05) is 30.7 Å². The second kappa shape index (κ2) is 4.55. The zero-order valence-electron chi connectivity index (χ0n) is 11.5. The molecule has 1 N–H and O–H groups in total. The van der Waals surface area contributed by atoms with Crippen LogP contribution in [0.15, 0.2) is 0 Å². The first kappa shape index (κ1) is 12.0. The Bertz CT molecular complexity index is 266. The molecule has 2 nitrogen and oxygen atoms in total. The minimum absolute atomic E-state index is 0.491. The summed E-state index contributed by atoms with van der Waals surface area (Å²) in [6.45, 7) is 7.40. The van der Waals surface area contributed by atoms with Gasteiger partial charge < -0.3 is 5.32 Å².